The molecule has 4 N–H and O–H groups in total. The molecular formula is C12H17FN2O2S. The molecule has 0 aliphatic rings. The van der Waals surface area contributed by atoms with Crippen LogP contribution in [-0.4, -0.2) is 28.0 Å². The summed E-state index contributed by atoms with van der Waals surface area (Å²) < 4.78 is 13.4. The van der Waals surface area contributed by atoms with Crippen molar-refractivity contribution in [3.05, 3.63) is 35.1 Å². The maximum atomic E-state index is 13.4. The number of thioether (sulfide) groups is 1. The molecule has 1 aromatic carbocycles. The van der Waals surface area contributed by atoms with Crippen molar-refractivity contribution >= 4 is 17.6 Å². The number of halogens is 1. The van der Waals surface area contributed by atoms with E-state index >= 15 is 0 Å². The largest absolute Gasteiger partial charge is 0.409 e. The van der Waals surface area contributed by atoms with Crippen LogP contribution in [0.1, 0.15) is 24.5 Å². The molecule has 0 aliphatic carbocycles. The minimum absolute atomic E-state index is 0.107. The highest BCUT2D eigenvalue weighted by Gasteiger charge is 2.07. The van der Waals surface area contributed by atoms with E-state index in [2.05, 4.69) is 5.16 Å². The van der Waals surface area contributed by atoms with Gasteiger partial charge in [-0.3, -0.25) is 0 Å². The molecule has 1 unspecified atom stereocenters. The fourth-order valence-electron chi connectivity index (χ4n) is 1.44. The molecule has 0 aromatic heterocycles. The van der Waals surface area contributed by atoms with Gasteiger partial charge in [0.1, 0.15) is 5.82 Å². The maximum Gasteiger partial charge on any atom is 0.170 e. The molecule has 0 saturated heterocycles. The Bertz CT molecular complexity index is 427. The first-order chi connectivity index (χ1) is 8.56. The zero-order valence-corrected chi connectivity index (χ0v) is 11.0. The summed E-state index contributed by atoms with van der Waals surface area (Å²) in [5, 5.41) is 20.5. The fraction of sp³-hybridized carbons (Fsp3) is 0.417. The second kappa shape index (κ2) is 7.23. The van der Waals surface area contributed by atoms with Crippen LogP contribution >= 0.6 is 11.8 Å². The van der Waals surface area contributed by atoms with Gasteiger partial charge in [-0.15, -0.1) is 0 Å². The van der Waals surface area contributed by atoms with Crippen molar-refractivity contribution in [1.29, 1.82) is 0 Å². The Morgan fingerprint density at radius 1 is 1.50 bits per heavy atom. The van der Waals surface area contributed by atoms with Crippen molar-refractivity contribution in [1.82, 2.24) is 0 Å². The lowest BCUT2D eigenvalue weighted by Crippen LogP contribution is -2.13. The minimum Gasteiger partial charge on any atom is -0.409 e. The van der Waals surface area contributed by atoms with Crippen LogP contribution in [-0.2, 0) is 5.75 Å². The molecule has 1 rings (SSSR count). The van der Waals surface area contributed by atoms with Crippen LogP contribution in [0.5, 0.6) is 0 Å². The standard InChI is InChI=1S/C12H17FN2O2S/c1-8(2-3-16)18-7-9-4-10(12(14)15-17)6-11(13)5-9/h4-6,8,16-17H,2-3,7H2,1H3,(H2,14,15). The van der Waals surface area contributed by atoms with E-state index in [1.54, 1.807) is 17.8 Å². The van der Waals surface area contributed by atoms with Crippen molar-refractivity contribution in [2.45, 2.75) is 24.3 Å². The zero-order chi connectivity index (χ0) is 13.5. The molecule has 0 fully saturated rings. The summed E-state index contributed by atoms with van der Waals surface area (Å²) >= 11 is 1.62. The van der Waals surface area contributed by atoms with Crippen LogP contribution < -0.4 is 5.73 Å². The van der Waals surface area contributed by atoms with Gasteiger partial charge in [-0.1, -0.05) is 12.1 Å². The number of benzene rings is 1. The fourth-order valence-corrected chi connectivity index (χ4v) is 2.36. The average Bonchev–Trinajstić information content (AvgIpc) is 2.35. The first-order valence-electron chi connectivity index (χ1n) is 5.56. The van der Waals surface area contributed by atoms with E-state index in [9.17, 15) is 4.39 Å². The van der Waals surface area contributed by atoms with Crippen LogP contribution in [0.15, 0.2) is 23.4 Å². The molecule has 100 valence electrons. The second-order valence-corrected chi connectivity index (χ2v) is 5.39. The normalized spacial score (nSPS) is 13.6. The minimum atomic E-state index is -0.412. The highest BCUT2D eigenvalue weighted by atomic mass is 32.2. The van der Waals surface area contributed by atoms with Gasteiger partial charge in [0.2, 0.25) is 0 Å². The van der Waals surface area contributed by atoms with E-state index in [0.717, 1.165) is 5.56 Å². The number of nitrogens with zero attached hydrogens (tertiary/aromatic N) is 1. The lowest BCUT2D eigenvalue weighted by molar-refractivity contribution is 0.289. The SMILES string of the molecule is CC(CCO)SCc1cc(F)cc(/C(N)=N/O)c1. The molecular weight excluding hydrogens is 255 g/mol. The zero-order valence-electron chi connectivity index (χ0n) is 10.1. The summed E-state index contributed by atoms with van der Waals surface area (Å²) in [7, 11) is 0. The van der Waals surface area contributed by atoms with Crippen molar-refractivity contribution in [2.24, 2.45) is 10.9 Å². The Morgan fingerprint density at radius 3 is 2.83 bits per heavy atom. The van der Waals surface area contributed by atoms with Gasteiger partial charge in [-0.25, -0.2) is 4.39 Å². The van der Waals surface area contributed by atoms with Crippen molar-refractivity contribution in [3.63, 3.8) is 0 Å². The van der Waals surface area contributed by atoms with E-state index in [-0.39, 0.29) is 12.4 Å². The quantitative estimate of drug-likeness (QED) is 0.320. The molecule has 0 radical (unpaired) electrons. The van der Waals surface area contributed by atoms with Crippen molar-refractivity contribution < 1.29 is 14.7 Å². The third-order valence-corrected chi connectivity index (χ3v) is 3.74. The third kappa shape index (κ3) is 4.54. The summed E-state index contributed by atoms with van der Waals surface area (Å²) in [6.07, 6.45) is 0.701. The van der Waals surface area contributed by atoms with Crippen LogP contribution in [0.25, 0.3) is 0 Å². The van der Waals surface area contributed by atoms with E-state index < -0.39 is 5.82 Å². The topological polar surface area (TPSA) is 78.8 Å². The van der Waals surface area contributed by atoms with Crippen molar-refractivity contribution in [2.75, 3.05) is 6.61 Å². The number of hydrogen-bond acceptors (Lipinski definition) is 4. The molecule has 18 heavy (non-hydrogen) atoms. The van der Waals surface area contributed by atoms with Crippen molar-refractivity contribution in [3.8, 4) is 0 Å². The van der Waals surface area contributed by atoms with Crippen LogP contribution in [0.3, 0.4) is 0 Å². The lowest BCUT2D eigenvalue weighted by atomic mass is 10.1. The second-order valence-electron chi connectivity index (χ2n) is 3.97. The van der Waals surface area contributed by atoms with E-state index in [0.29, 0.717) is 23.0 Å². The van der Waals surface area contributed by atoms with Crippen LogP contribution in [0, 0.1) is 5.82 Å². The molecule has 4 nitrogen and oxygen atoms in total. The van der Waals surface area contributed by atoms with E-state index in [1.807, 2.05) is 6.92 Å². The van der Waals surface area contributed by atoms with Gasteiger partial charge >= 0.3 is 0 Å². The summed E-state index contributed by atoms with van der Waals surface area (Å²) in [5.41, 5.74) is 6.56. The first-order valence-corrected chi connectivity index (χ1v) is 6.61. The first kappa shape index (κ1) is 14.8. The Labute approximate surface area is 110 Å². The predicted octanol–water partition coefficient (Wildman–Crippen LogP) is 1.92. The number of amidine groups is 1. The third-order valence-electron chi connectivity index (χ3n) is 2.43. The molecule has 1 atom stereocenters. The monoisotopic (exact) mass is 272 g/mol. The number of hydrogen-bond donors (Lipinski definition) is 3. The van der Waals surface area contributed by atoms with E-state index in [1.165, 1.54) is 12.1 Å². The highest BCUT2D eigenvalue weighted by molar-refractivity contribution is 7.99. The molecule has 0 heterocycles. The van der Waals surface area contributed by atoms with Gasteiger partial charge in [0.25, 0.3) is 0 Å². The Morgan fingerprint density at radius 2 is 2.22 bits per heavy atom. The number of aliphatic hydroxyl groups is 1. The lowest BCUT2D eigenvalue weighted by Gasteiger charge is -2.10. The Balaban J connectivity index is 2.74. The number of oxime groups is 1. The molecule has 0 amide bonds. The summed E-state index contributed by atoms with van der Waals surface area (Å²) in [5.74, 6) is 0.0960. The summed E-state index contributed by atoms with van der Waals surface area (Å²) in [6, 6.07) is 4.34. The molecule has 0 bridgehead atoms. The van der Waals surface area contributed by atoms with Gasteiger partial charge in [0.05, 0.1) is 0 Å². The van der Waals surface area contributed by atoms with Gasteiger partial charge in [0, 0.05) is 23.2 Å². The summed E-state index contributed by atoms with van der Waals surface area (Å²) in [6.45, 7) is 2.15. The maximum absolute atomic E-state index is 13.4. The van der Waals surface area contributed by atoms with Crippen LogP contribution in [0.4, 0.5) is 4.39 Å². The number of nitrogens with two attached hydrogens (primary N) is 1. The van der Waals surface area contributed by atoms with Crippen LogP contribution in [0.2, 0.25) is 0 Å². The number of rotatable bonds is 6. The Hall–Kier alpha value is -1.27. The smallest absolute Gasteiger partial charge is 0.170 e. The molecule has 1 aromatic rings. The number of aliphatic hydroxyl groups excluding tert-OH is 1. The predicted molar refractivity (Wildman–Crippen MR) is 71.4 cm³/mol. The molecule has 0 spiro atoms. The van der Waals surface area contributed by atoms with Gasteiger partial charge < -0.3 is 16.0 Å². The highest BCUT2D eigenvalue weighted by Crippen LogP contribution is 2.21. The Kier molecular flexibility index (Phi) is 5.94. The van der Waals surface area contributed by atoms with Gasteiger partial charge in [0.15, 0.2) is 5.84 Å². The molecule has 0 saturated carbocycles. The molecule has 6 heteroatoms. The summed E-state index contributed by atoms with van der Waals surface area (Å²) in [4.78, 5) is 0. The van der Waals surface area contributed by atoms with Gasteiger partial charge in [-0.2, -0.15) is 11.8 Å². The van der Waals surface area contributed by atoms with E-state index in [4.69, 9.17) is 16.0 Å². The van der Waals surface area contributed by atoms with Gasteiger partial charge in [-0.05, 0) is 30.2 Å². The molecule has 0 aliphatic heterocycles. The average molecular weight is 272 g/mol.